The van der Waals surface area contributed by atoms with E-state index in [0.29, 0.717) is 6.04 Å². The Morgan fingerprint density at radius 3 is 2.13 bits per heavy atom. The van der Waals surface area contributed by atoms with Gasteiger partial charge >= 0.3 is 0 Å². The second-order valence-electron chi connectivity index (χ2n) is 6.96. The van der Waals surface area contributed by atoms with Crippen LogP contribution in [-0.4, -0.2) is 55.3 Å². The Bertz CT molecular complexity index is 516. The standard InChI is InChI=1S/C17H28N6/c1-2-6-14(5-1)19-17-20-15(22-9-3-4-10-22)13-16(21-17)23-11-7-18-8-12-23/h13-14,18H,1-12H2,(H,19,20,21). The largest absolute Gasteiger partial charge is 0.356 e. The van der Waals surface area contributed by atoms with E-state index in [1.165, 1.54) is 38.5 Å². The monoisotopic (exact) mass is 316 g/mol. The molecule has 126 valence electrons. The van der Waals surface area contributed by atoms with Gasteiger partial charge in [-0.05, 0) is 25.7 Å². The zero-order chi connectivity index (χ0) is 15.5. The summed E-state index contributed by atoms with van der Waals surface area (Å²) >= 11 is 0. The molecule has 0 radical (unpaired) electrons. The Hall–Kier alpha value is -1.56. The highest BCUT2D eigenvalue weighted by atomic mass is 15.3. The molecule has 1 aliphatic carbocycles. The van der Waals surface area contributed by atoms with E-state index in [4.69, 9.17) is 9.97 Å². The number of rotatable bonds is 4. The van der Waals surface area contributed by atoms with Crippen molar-refractivity contribution in [3.63, 3.8) is 0 Å². The SMILES string of the molecule is c1c(N2CCCC2)nc(NC2CCCC2)nc1N1CCNCC1. The molecule has 0 unspecified atom stereocenters. The quantitative estimate of drug-likeness (QED) is 0.884. The van der Waals surface area contributed by atoms with Crippen molar-refractivity contribution >= 4 is 17.6 Å². The van der Waals surface area contributed by atoms with Crippen LogP contribution in [0.25, 0.3) is 0 Å². The summed E-state index contributed by atoms with van der Waals surface area (Å²) in [5.41, 5.74) is 0. The van der Waals surface area contributed by atoms with Crippen LogP contribution in [0.1, 0.15) is 38.5 Å². The number of nitrogens with one attached hydrogen (secondary N) is 2. The number of anilines is 3. The molecule has 2 N–H and O–H groups in total. The predicted octanol–water partition coefficient (Wildman–Crippen LogP) is 1.84. The maximum atomic E-state index is 4.84. The summed E-state index contributed by atoms with van der Waals surface area (Å²) in [4.78, 5) is 14.5. The van der Waals surface area contributed by atoms with Gasteiger partial charge in [0.05, 0.1) is 0 Å². The van der Waals surface area contributed by atoms with Gasteiger partial charge in [-0.2, -0.15) is 9.97 Å². The minimum absolute atomic E-state index is 0.555. The van der Waals surface area contributed by atoms with Gasteiger partial charge in [0, 0.05) is 51.4 Å². The van der Waals surface area contributed by atoms with Crippen LogP contribution < -0.4 is 20.4 Å². The van der Waals surface area contributed by atoms with Gasteiger partial charge in [-0.15, -0.1) is 0 Å². The summed E-state index contributed by atoms with van der Waals surface area (Å²) in [5.74, 6) is 3.02. The summed E-state index contributed by atoms with van der Waals surface area (Å²) in [6.07, 6.45) is 7.71. The summed E-state index contributed by atoms with van der Waals surface area (Å²) < 4.78 is 0. The van der Waals surface area contributed by atoms with Crippen LogP contribution in [0.4, 0.5) is 17.6 Å². The van der Waals surface area contributed by atoms with E-state index in [1.54, 1.807) is 0 Å². The topological polar surface area (TPSA) is 56.3 Å². The van der Waals surface area contributed by atoms with Gasteiger partial charge in [0.1, 0.15) is 11.6 Å². The average Bonchev–Trinajstić information content (AvgIpc) is 3.29. The normalized spacial score (nSPS) is 22.8. The molecule has 0 aromatic carbocycles. The molecular formula is C17H28N6. The van der Waals surface area contributed by atoms with Crippen LogP contribution in [0.15, 0.2) is 6.07 Å². The molecule has 1 aromatic rings. The second-order valence-corrected chi connectivity index (χ2v) is 6.96. The molecule has 6 nitrogen and oxygen atoms in total. The van der Waals surface area contributed by atoms with E-state index < -0.39 is 0 Å². The molecule has 3 heterocycles. The van der Waals surface area contributed by atoms with Gasteiger partial charge in [0.2, 0.25) is 5.95 Å². The fourth-order valence-electron chi connectivity index (χ4n) is 3.90. The summed E-state index contributed by atoms with van der Waals surface area (Å²) in [7, 11) is 0. The molecule has 4 rings (SSSR count). The minimum atomic E-state index is 0.555. The molecule has 3 aliphatic rings. The molecule has 1 aromatic heterocycles. The maximum Gasteiger partial charge on any atom is 0.226 e. The first-order valence-electron chi connectivity index (χ1n) is 9.25. The van der Waals surface area contributed by atoms with E-state index in [2.05, 4.69) is 26.5 Å². The van der Waals surface area contributed by atoms with Gasteiger partial charge in [-0.25, -0.2) is 0 Å². The fraction of sp³-hybridized carbons (Fsp3) is 0.765. The summed E-state index contributed by atoms with van der Waals surface area (Å²) in [6, 6.07) is 2.75. The van der Waals surface area contributed by atoms with Crippen LogP contribution in [0.3, 0.4) is 0 Å². The van der Waals surface area contributed by atoms with Crippen molar-refractivity contribution < 1.29 is 0 Å². The zero-order valence-corrected chi connectivity index (χ0v) is 13.9. The van der Waals surface area contributed by atoms with Crippen LogP contribution >= 0.6 is 0 Å². The van der Waals surface area contributed by atoms with Crippen LogP contribution in [0.5, 0.6) is 0 Å². The third-order valence-corrected chi connectivity index (χ3v) is 5.26. The Balaban J connectivity index is 1.59. The first kappa shape index (κ1) is 15.0. The number of hydrogen-bond acceptors (Lipinski definition) is 6. The minimum Gasteiger partial charge on any atom is -0.356 e. The molecule has 0 spiro atoms. The Morgan fingerprint density at radius 1 is 0.870 bits per heavy atom. The van der Waals surface area contributed by atoms with Crippen LogP contribution in [0.2, 0.25) is 0 Å². The van der Waals surface area contributed by atoms with Gasteiger partial charge in [-0.1, -0.05) is 12.8 Å². The molecule has 3 fully saturated rings. The lowest BCUT2D eigenvalue weighted by Gasteiger charge is -2.30. The van der Waals surface area contributed by atoms with Gasteiger partial charge < -0.3 is 20.4 Å². The first-order valence-corrected chi connectivity index (χ1v) is 9.25. The molecule has 2 aliphatic heterocycles. The lowest BCUT2D eigenvalue weighted by atomic mass is 10.2. The van der Waals surface area contributed by atoms with Gasteiger partial charge in [0.25, 0.3) is 0 Å². The number of piperazine rings is 1. The number of nitrogens with zero attached hydrogens (tertiary/aromatic N) is 4. The lowest BCUT2D eigenvalue weighted by Crippen LogP contribution is -2.44. The molecule has 6 heteroatoms. The molecule has 0 amide bonds. The van der Waals surface area contributed by atoms with Crippen molar-refractivity contribution in [1.29, 1.82) is 0 Å². The third kappa shape index (κ3) is 3.52. The van der Waals surface area contributed by atoms with Crippen LogP contribution in [0, 0.1) is 0 Å². The number of aromatic nitrogens is 2. The molecule has 1 saturated carbocycles. The molecular weight excluding hydrogens is 288 g/mol. The molecule has 0 atom stereocenters. The average molecular weight is 316 g/mol. The zero-order valence-electron chi connectivity index (χ0n) is 13.9. The maximum absolute atomic E-state index is 4.84. The van der Waals surface area contributed by atoms with E-state index in [9.17, 15) is 0 Å². The van der Waals surface area contributed by atoms with Crippen molar-refractivity contribution in [2.75, 3.05) is 54.4 Å². The second kappa shape index (κ2) is 6.91. The smallest absolute Gasteiger partial charge is 0.226 e. The van der Waals surface area contributed by atoms with Gasteiger partial charge in [-0.3, -0.25) is 0 Å². The summed E-state index contributed by atoms with van der Waals surface area (Å²) in [6.45, 7) is 6.38. The lowest BCUT2D eigenvalue weighted by molar-refractivity contribution is 0.584. The van der Waals surface area contributed by atoms with E-state index in [1.807, 2.05) is 0 Å². The summed E-state index contributed by atoms with van der Waals surface area (Å²) in [5, 5.41) is 7.01. The van der Waals surface area contributed by atoms with Crippen molar-refractivity contribution in [2.24, 2.45) is 0 Å². The van der Waals surface area contributed by atoms with Crippen molar-refractivity contribution in [3.05, 3.63) is 6.07 Å². The van der Waals surface area contributed by atoms with Crippen molar-refractivity contribution in [1.82, 2.24) is 15.3 Å². The first-order chi connectivity index (χ1) is 11.4. The van der Waals surface area contributed by atoms with Gasteiger partial charge in [0.15, 0.2) is 0 Å². The Morgan fingerprint density at radius 2 is 1.48 bits per heavy atom. The number of hydrogen-bond donors (Lipinski definition) is 2. The highest BCUT2D eigenvalue weighted by molar-refractivity contribution is 5.55. The third-order valence-electron chi connectivity index (χ3n) is 5.26. The van der Waals surface area contributed by atoms with E-state index >= 15 is 0 Å². The van der Waals surface area contributed by atoms with E-state index in [-0.39, 0.29) is 0 Å². The Kier molecular flexibility index (Phi) is 4.50. The highest BCUT2D eigenvalue weighted by Gasteiger charge is 2.21. The van der Waals surface area contributed by atoms with E-state index in [0.717, 1.165) is 56.9 Å². The fourth-order valence-corrected chi connectivity index (χ4v) is 3.90. The highest BCUT2D eigenvalue weighted by Crippen LogP contribution is 2.26. The molecule has 23 heavy (non-hydrogen) atoms. The Labute approximate surface area is 138 Å². The van der Waals surface area contributed by atoms with Crippen molar-refractivity contribution in [2.45, 2.75) is 44.6 Å². The van der Waals surface area contributed by atoms with Crippen LogP contribution in [-0.2, 0) is 0 Å². The predicted molar refractivity (Wildman–Crippen MR) is 94.4 cm³/mol. The van der Waals surface area contributed by atoms with Crippen molar-refractivity contribution in [3.8, 4) is 0 Å². The molecule has 2 saturated heterocycles. The molecule has 0 bridgehead atoms.